The van der Waals surface area contributed by atoms with Crippen LogP contribution in [0.4, 0.5) is 11.6 Å². The van der Waals surface area contributed by atoms with Crippen molar-refractivity contribution in [3.8, 4) is 0 Å². The Balaban J connectivity index is 1.74. The molecule has 2 aliphatic carbocycles. The molecule has 2 N–H and O–H groups in total. The van der Waals surface area contributed by atoms with E-state index in [0.717, 1.165) is 30.4 Å². The fourth-order valence-electron chi connectivity index (χ4n) is 2.69. The van der Waals surface area contributed by atoms with Crippen LogP contribution in [-0.2, 0) is 0 Å². The van der Waals surface area contributed by atoms with E-state index in [1.165, 1.54) is 38.5 Å². The maximum absolute atomic E-state index is 4.70. The number of hydrogen-bond donors (Lipinski definition) is 2. The highest BCUT2D eigenvalue weighted by atomic mass is 15.1. The van der Waals surface area contributed by atoms with Crippen molar-refractivity contribution in [2.24, 2.45) is 0 Å². The van der Waals surface area contributed by atoms with Crippen molar-refractivity contribution < 1.29 is 0 Å². The molecule has 2 aliphatic rings. The highest BCUT2D eigenvalue weighted by Gasteiger charge is 2.27. The van der Waals surface area contributed by atoms with Crippen LogP contribution >= 0.6 is 0 Å². The predicted molar refractivity (Wildman–Crippen MR) is 78.7 cm³/mol. The van der Waals surface area contributed by atoms with Crippen molar-refractivity contribution in [2.45, 2.75) is 63.8 Å². The number of hydrogen-bond acceptors (Lipinski definition) is 4. The van der Waals surface area contributed by atoms with E-state index < -0.39 is 0 Å². The summed E-state index contributed by atoms with van der Waals surface area (Å²) in [5.41, 5.74) is 0. The van der Waals surface area contributed by atoms with E-state index in [2.05, 4.69) is 28.6 Å². The van der Waals surface area contributed by atoms with E-state index in [1.807, 2.05) is 0 Å². The molecule has 1 heterocycles. The fourth-order valence-corrected chi connectivity index (χ4v) is 2.69. The number of nitrogens with zero attached hydrogens (tertiary/aromatic N) is 2. The van der Waals surface area contributed by atoms with Gasteiger partial charge in [0.2, 0.25) is 0 Å². The second kappa shape index (κ2) is 5.76. The summed E-state index contributed by atoms with van der Waals surface area (Å²) in [6, 6.07) is 2.68. The third kappa shape index (κ3) is 3.37. The lowest BCUT2D eigenvalue weighted by Gasteiger charge is -2.15. The summed E-state index contributed by atoms with van der Waals surface area (Å²) < 4.78 is 0. The molecule has 0 unspecified atom stereocenters. The van der Waals surface area contributed by atoms with Gasteiger partial charge in [0.1, 0.15) is 17.5 Å². The number of aromatic nitrogens is 2. The molecule has 1 aromatic heterocycles. The Morgan fingerprint density at radius 2 is 1.84 bits per heavy atom. The normalized spacial score (nSPS) is 19.6. The largest absolute Gasteiger partial charge is 0.370 e. The van der Waals surface area contributed by atoms with Gasteiger partial charge in [0, 0.05) is 24.6 Å². The van der Waals surface area contributed by atoms with Crippen molar-refractivity contribution in [3.63, 3.8) is 0 Å². The van der Waals surface area contributed by atoms with Gasteiger partial charge in [-0.3, -0.25) is 0 Å². The molecule has 1 aromatic rings. The van der Waals surface area contributed by atoms with Crippen LogP contribution < -0.4 is 10.6 Å². The monoisotopic (exact) mass is 260 g/mol. The molecule has 0 aliphatic heterocycles. The first kappa shape index (κ1) is 12.7. The van der Waals surface area contributed by atoms with Gasteiger partial charge in [0.05, 0.1) is 0 Å². The first-order chi connectivity index (χ1) is 9.35. The van der Waals surface area contributed by atoms with Gasteiger partial charge in [0.25, 0.3) is 0 Å². The zero-order valence-corrected chi connectivity index (χ0v) is 11.8. The maximum atomic E-state index is 4.70. The van der Waals surface area contributed by atoms with E-state index in [0.29, 0.717) is 12.0 Å². The predicted octanol–water partition coefficient (Wildman–Crippen LogP) is 3.53. The second-order valence-corrected chi connectivity index (χ2v) is 5.82. The molecule has 4 heteroatoms. The van der Waals surface area contributed by atoms with E-state index in [4.69, 9.17) is 4.98 Å². The standard InChI is InChI=1S/C15H24N4/c1-2-9-16-13-10-14(17-12-5-3-4-6-12)19-15(18-13)11-7-8-11/h10-12H,2-9H2,1H3,(H2,16,17,18,19). The average Bonchev–Trinajstić information content (AvgIpc) is 3.16. The molecule has 0 atom stereocenters. The van der Waals surface area contributed by atoms with Crippen LogP contribution in [0.15, 0.2) is 6.07 Å². The molecule has 4 nitrogen and oxygen atoms in total. The summed E-state index contributed by atoms with van der Waals surface area (Å²) >= 11 is 0. The second-order valence-electron chi connectivity index (χ2n) is 5.82. The Morgan fingerprint density at radius 3 is 2.53 bits per heavy atom. The van der Waals surface area contributed by atoms with Gasteiger partial charge >= 0.3 is 0 Å². The lowest BCUT2D eigenvalue weighted by Crippen LogP contribution is -2.17. The van der Waals surface area contributed by atoms with Crippen LogP contribution in [0, 0.1) is 0 Å². The quantitative estimate of drug-likeness (QED) is 0.821. The molecule has 2 fully saturated rings. The van der Waals surface area contributed by atoms with Gasteiger partial charge in [-0.1, -0.05) is 19.8 Å². The minimum atomic E-state index is 0.604. The van der Waals surface area contributed by atoms with Crippen LogP contribution in [0.25, 0.3) is 0 Å². The zero-order valence-electron chi connectivity index (χ0n) is 11.8. The van der Waals surface area contributed by atoms with Crippen molar-refractivity contribution >= 4 is 11.6 Å². The first-order valence-corrected chi connectivity index (χ1v) is 7.74. The molecule has 0 saturated heterocycles. The van der Waals surface area contributed by atoms with Crippen molar-refractivity contribution in [2.75, 3.05) is 17.2 Å². The molecular formula is C15H24N4. The van der Waals surface area contributed by atoms with Gasteiger partial charge in [-0.15, -0.1) is 0 Å². The summed E-state index contributed by atoms with van der Waals surface area (Å²) in [5.74, 6) is 3.63. The fraction of sp³-hybridized carbons (Fsp3) is 0.733. The molecule has 0 bridgehead atoms. The molecular weight excluding hydrogens is 236 g/mol. The molecule has 104 valence electrons. The molecule has 0 radical (unpaired) electrons. The van der Waals surface area contributed by atoms with Crippen molar-refractivity contribution in [1.29, 1.82) is 0 Å². The minimum Gasteiger partial charge on any atom is -0.370 e. The smallest absolute Gasteiger partial charge is 0.136 e. The van der Waals surface area contributed by atoms with Gasteiger partial charge in [0.15, 0.2) is 0 Å². The Morgan fingerprint density at radius 1 is 1.11 bits per heavy atom. The average molecular weight is 260 g/mol. The van der Waals surface area contributed by atoms with Crippen LogP contribution in [0.1, 0.15) is 63.6 Å². The molecule has 2 saturated carbocycles. The van der Waals surface area contributed by atoms with Gasteiger partial charge < -0.3 is 10.6 Å². The molecule has 19 heavy (non-hydrogen) atoms. The first-order valence-electron chi connectivity index (χ1n) is 7.74. The van der Waals surface area contributed by atoms with Gasteiger partial charge in [-0.2, -0.15) is 0 Å². The van der Waals surface area contributed by atoms with Crippen LogP contribution in [0.2, 0.25) is 0 Å². The van der Waals surface area contributed by atoms with Crippen LogP contribution in [0.3, 0.4) is 0 Å². The van der Waals surface area contributed by atoms with E-state index in [9.17, 15) is 0 Å². The topological polar surface area (TPSA) is 49.8 Å². The Labute approximate surface area is 115 Å². The van der Waals surface area contributed by atoms with E-state index >= 15 is 0 Å². The summed E-state index contributed by atoms with van der Waals surface area (Å²) in [7, 11) is 0. The molecule has 0 aromatic carbocycles. The van der Waals surface area contributed by atoms with Gasteiger partial charge in [-0.05, 0) is 32.1 Å². The minimum absolute atomic E-state index is 0.604. The SMILES string of the molecule is CCCNc1cc(NC2CCCC2)nc(C2CC2)n1. The Bertz CT molecular complexity index is 422. The number of anilines is 2. The van der Waals surface area contributed by atoms with Gasteiger partial charge in [-0.25, -0.2) is 9.97 Å². The number of rotatable bonds is 6. The summed E-state index contributed by atoms with van der Waals surface area (Å²) in [4.78, 5) is 9.35. The van der Waals surface area contributed by atoms with Crippen LogP contribution in [-0.4, -0.2) is 22.6 Å². The lowest BCUT2D eigenvalue weighted by molar-refractivity contribution is 0.746. The highest BCUT2D eigenvalue weighted by molar-refractivity contribution is 5.48. The summed E-state index contributed by atoms with van der Waals surface area (Å²) in [6.45, 7) is 3.15. The van der Waals surface area contributed by atoms with Crippen LogP contribution in [0.5, 0.6) is 0 Å². The Kier molecular flexibility index (Phi) is 3.85. The summed E-state index contributed by atoms with van der Waals surface area (Å²) in [6.07, 6.45) is 8.87. The summed E-state index contributed by atoms with van der Waals surface area (Å²) in [5, 5.41) is 6.98. The lowest BCUT2D eigenvalue weighted by atomic mass is 10.2. The Hall–Kier alpha value is -1.32. The third-order valence-electron chi connectivity index (χ3n) is 3.95. The zero-order chi connectivity index (χ0) is 13.1. The molecule has 0 spiro atoms. The molecule has 3 rings (SSSR count). The van der Waals surface area contributed by atoms with E-state index in [-0.39, 0.29) is 0 Å². The molecule has 0 amide bonds. The van der Waals surface area contributed by atoms with Crippen molar-refractivity contribution in [3.05, 3.63) is 11.9 Å². The highest BCUT2D eigenvalue weighted by Crippen LogP contribution is 2.39. The maximum Gasteiger partial charge on any atom is 0.136 e. The van der Waals surface area contributed by atoms with E-state index in [1.54, 1.807) is 0 Å². The van der Waals surface area contributed by atoms with Crippen molar-refractivity contribution in [1.82, 2.24) is 9.97 Å². The number of nitrogens with one attached hydrogen (secondary N) is 2. The third-order valence-corrected chi connectivity index (χ3v) is 3.95.